The van der Waals surface area contributed by atoms with Crippen LogP contribution >= 0.6 is 0 Å². The van der Waals surface area contributed by atoms with Crippen LogP contribution in [0.4, 0.5) is 8.78 Å². The topological polar surface area (TPSA) is 12.9 Å². The number of nitrogens with zero attached hydrogens (tertiary/aromatic N) is 1. The highest BCUT2D eigenvalue weighted by Crippen LogP contribution is 2.17. The first-order valence-corrected chi connectivity index (χ1v) is 3.42. The molecule has 0 aliphatic heterocycles. The third kappa shape index (κ3) is 1.73. The quantitative estimate of drug-likeness (QED) is 0.570. The number of hydrogen-bond acceptors (Lipinski definition) is 1. The van der Waals surface area contributed by atoms with Crippen LogP contribution in [0.3, 0.4) is 0 Å². The van der Waals surface area contributed by atoms with Gasteiger partial charge in [-0.1, -0.05) is 13.8 Å². The molecule has 0 bridgehead atoms. The molecule has 0 atom stereocenters. The van der Waals surface area contributed by atoms with Crippen molar-refractivity contribution in [2.24, 2.45) is 0 Å². The van der Waals surface area contributed by atoms with E-state index in [4.69, 9.17) is 0 Å². The van der Waals surface area contributed by atoms with Crippen LogP contribution in [0, 0.1) is 11.8 Å². The van der Waals surface area contributed by atoms with Crippen LogP contribution < -0.4 is 0 Å². The lowest BCUT2D eigenvalue weighted by Gasteiger charge is -2.04. The zero-order chi connectivity index (χ0) is 8.43. The van der Waals surface area contributed by atoms with Crippen LogP contribution in [0.15, 0.2) is 12.3 Å². The van der Waals surface area contributed by atoms with Crippen molar-refractivity contribution in [1.29, 1.82) is 0 Å². The minimum Gasteiger partial charge on any atom is -0.225 e. The molecule has 1 rings (SSSR count). The average molecular weight is 157 g/mol. The second-order valence-corrected chi connectivity index (χ2v) is 2.68. The van der Waals surface area contributed by atoms with E-state index in [1.165, 1.54) is 0 Å². The molecule has 0 spiro atoms. The minimum absolute atomic E-state index is 0.00694. The summed E-state index contributed by atoms with van der Waals surface area (Å²) in [5, 5.41) is 0. The lowest BCUT2D eigenvalue weighted by atomic mass is 10.1. The molecule has 0 saturated heterocycles. The van der Waals surface area contributed by atoms with Gasteiger partial charge in [-0.3, -0.25) is 0 Å². The zero-order valence-corrected chi connectivity index (χ0v) is 6.44. The lowest BCUT2D eigenvalue weighted by Crippen LogP contribution is -1.95. The van der Waals surface area contributed by atoms with Gasteiger partial charge in [0, 0.05) is 0 Å². The maximum atomic E-state index is 12.8. The standard InChI is InChI=1S/C8H9F2N/c1-5(2)6-3-8(10)11-4-7(6)9/h3-5H,1-2H3. The third-order valence-corrected chi connectivity index (χ3v) is 1.47. The fourth-order valence-corrected chi connectivity index (χ4v) is 0.870. The minimum atomic E-state index is -0.630. The predicted molar refractivity (Wildman–Crippen MR) is 38.2 cm³/mol. The molecule has 0 aromatic carbocycles. The summed E-state index contributed by atoms with van der Waals surface area (Å²) in [5.41, 5.74) is 0.373. The van der Waals surface area contributed by atoms with Crippen molar-refractivity contribution in [2.45, 2.75) is 19.8 Å². The first kappa shape index (κ1) is 8.11. The van der Waals surface area contributed by atoms with Crippen LogP contribution in [0.2, 0.25) is 0 Å². The fourth-order valence-electron chi connectivity index (χ4n) is 0.870. The van der Waals surface area contributed by atoms with Crippen LogP contribution in [0.25, 0.3) is 0 Å². The Morgan fingerprint density at radius 3 is 2.45 bits per heavy atom. The van der Waals surface area contributed by atoms with Gasteiger partial charge in [-0.2, -0.15) is 4.39 Å². The highest BCUT2D eigenvalue weighted by atomic mass is 19.1. The number of rotatable bonds is 1. The van der Waals surface area contributed by atoms with Crippen molar-refractivity contribution in [3.63, 3.8) is 0 Å². The normalized spacial score (nSPS) is 10.6. The van der Waals surface area contributed by atoms with Crippen molar-refractivity contribution in [3.05, 3.63) is 29.6 Å². The summed E-state index contributed by atoms with van der Waals surface area (Å²) in [6.07, 6.45) is 0.907. The van der Waals surface area contributed by atoms with Gasteiger partial charge in [-0.25, -0.2) is 9.37 Å². The molecule has 1 aromatic rings. The Morgan fingerprint density at radius 1 is 1.36 bits per heavy atom. The fraction of sp³-hybridized carbons (Fsp3) is 0.375. The zero-order valence-electron chi connectivity index (χ0n) is 6.44. The summed E-state index contributed by atoms with van der Waals surface area (Å²) < 4.78 is 25.2. The van der Waals surface area contributed by atoms with E-state index >= 15 is 0 Å². The van der Waals surface area contributed by atoms with Gasteiger partial charge in [0.1, 0.15) is 5.82 Å². The second kappa shape index (κ2) is 2.95. The maximum absolute atomic E-state index is 12.8. The molecule has 11 heavy (non-hydrogen) atoms. The Bertz CT molecular complexity index is 258. The smallest absolute Gasteiger partial charge is 0.213 e. The SMILES string of the molecule is CC(C)c1cc(F)ncc1F. The Morgan fingerprint density at radius 2 is 2.00 bits per heavy atom. The van der Waals surface area contributed by atoms with Gasteiger partial charge in [0.25, 0.3) is 0 Å². The van der Waals surface area contributed by atoms with Gasteiger partial charge in [0.05, 0.1) is 6.20 Å². The van der Waals surface area contributed by atoms with Gasteiger partial charge in [-0.05, 0) is 17.5 Å². The van der Waals surface area contributed by atoms with Crippen LogP contribution in [0.1, 0.15) is 25.3 Å². The Labute approximate surface area is 64.1 Å². The first-order valence-electron chi connectivity index (χ1n) is 3.42. The van der Waals surface area contributed by atoms with E-state index in [1.807, 2.05) is 0 Å². The molecule has 0 aliphatic rings. The van der Waals surface area contributed by atoms with Gasteiger partial charge in [-0.15, -0.1) is 0 Å². The summed E-state index contributed by atoms with van der Waals surface area (Å²) >= 11 is 0. The van der Waals surface area contributed by atoms with Crippen molar-refractivity contribution in [1.82, 2.24) is 4.98 Å². The summed E-state index contributed by atoms with van der Waals surface area (Å²) in [4.78, 5) is 3.18. The van der Waals surface area contributed by atoms with Crippen molar-refractivity contribution in [2.75, 3.05) is 0 Å². The van der Waals surface area contributed by atoms with Gasteiger partial charge < -0.3 is 0 Å². The molecule has 60 valence electrons. The van der Waals surface area contributed by atoms with E-state index in [9.17, 15) is 8.78 Å². The summed E-state index contributed by atoms with van der Waals surface area (Å²) in [7, 11) is 0. The molecule has 1 aromatic heterocycles. The van der Waals surface area contributed by atoms with E-state index in [-0.39, 0.29) is 5.92 Å². The van der Waals surface area contributed by atoms with Crippen molar-refractivity contribution < 1.29 is 8.78 Å². The van der Waals surface area contributed by atoms with Crippen LogP contribution in [0.5, 0.6) is 0 Å². The van der Waals surface area contributed by atoms with Gasteiger partial charge in [0.15, 0.2) is 0 Å². The highest BCUT2D eigenvalue weighted by molar-refractivity contribution is 5.16. The second-order valence-electron chi connectivity index (χ2n) is 2.68. The van der Waals surface area contributed by atoms with E-state index in [0.717, 1.165) is 12.3 Å². The molecule has 0 saturated carbocycles. The molecule has 1 nitrogen and oxygen atoms in total. The molecule has 0 aliphatic carbocycles. The van der Waals surface area contributed by atoms with E-state index in [1.54, 1.807) is 13.8 Å². The van der Waals surface area contributed by atoms with Crippen molar-refractivity contribution in [3.8, 4) is 0 Å². The molecule has 0 unspecified atom stereocenters. The van der Waals surface area contributed by atoms with Crippen LogP contribution in [-0.2, 0) is 0 Å². The molecular formula is C8H9F2N. The molecule has 0 amide bonds. The van der Waals surface area contributed by atoms with E-state index < -0.39 is 11.8 Å². The monoisotopic (exact) mass is 157 g/mol. The maximum Gasteiger partial charge on any atom is 0.213 e. The Balaban J connectivity index is 3.13. The Kier molecular flexibility index (Phi) is 2.17. The summed E-state index contributed by atoms with van der Waals surface area (Å²) in [6, 6.07) is 1.12. The largest absolute Gasteiger partial charge is 0.225 e. The van der Waals surface area contributed by atoms with Gasteiger partial charge >= 0.3 is 0 Å². The first-order chi connectivity index (χ1) is 5.11. The molecular weight excluding hydrogens is 148 g/mol. The molecule has 1 heterocycles. The third-order valence-electron chi connectivity index (χ3n) is 1.47. The molecule has 0 radical (unpaired) electrons. The molecule has 0 fully saturated rings. The van der Waals surface area contributed by atoms with Crippen LogP contribution in [-0.4, -0.2) is 4.98 Å². The lowest BCUT2D eigenvalue weighted by molar-refractivity contribution is 0.542. The molecule has 0 N–H and O–H groups in total. The number of hydrogen-bond donors (Lipinski definition) is 0. The molecule has 3 heteroatoms. The number of aromatic nitrogens is 1. The van der Waals surface area contributed by atoms with Crippen molar-refractivity contribution >= 4 is 0 Å². The van der Waals surface area contributed by atoms with E-state index in [0.29, 0.717) is 5.56 Å². The summed E-state index contributed by atoms with van der Waals surface area (Å²) in [6.45, 7) is 3.61. The average Bonchev–Trinajstić information content (AvgIpc) is 1.94. The highest BCUT2D eigenvalue weighted by Gasteiger charge is 2.07. The van der Waals surface area contributed by atoms with E-state index in [2.05, 4.69) is 4.98 Å². The predicted octanol–water partition coefficient (Wildman–Crippen LogP) is 2.48. The van der Waals surface area contributed by atoms with Gasteiger partial charge in [0.2, 0.25) is 5.95 Å². The number of pyridine rings is 1. The number of halogens is 2. The summed E-state index contributed by atoms with van der Waals surface area (Å²) in [5.74, 6) is -1.08. The Hall–Kier alpha value is -0.990.